The molecule has 23 heavy (non-hydrogen) atoms. The van der Waals surface area contributed by atoms with E-state index in [1.807, 2.05) is 6.07 Å². The summed E-state index contributed by atoms with van der Waals surface area (Å²) in [7, 11) is 0. The molecule has 0 saturated heterocycles. The molecule has 0 N–H and O–H groups in total. The highest BCUT2D eigenvalue weighted by molar-refractivity contribution is 5.70. The third-order valence-corrected chi connectivity index (χ3v) is 3.17. The van der Waals surface area contributed by atoms with E-state index in [9.17, 15) is 8.78 Å². The number of hydrogen-bond acceptors (Lipinski definition) is 3. The maximum absolute atomic E-state index is 13.4. The van der Waals surface area contributed by atoms with E-state index < -0.39 is 5.82 Å². The summed E-state index contributed by atoms with van der Waals surface area (Å²) in [5.74, 6) is -0.740. The number of benzene rings is 2. The zero-order chi connectivity index (χ0) is 16.2. The minimum atomic E-state index is -0.412. The average Bonchev–Trinajstić information content (AvgIpc) is 2.97. The molecule has 0 spiro atoms. The fraction of sp³-hybridized carbons (Fsp3) is 0. The minimum absolute atomic E-state index is 0.118. The number of halogens is 2. The first kappa shape index (κ1) is 14.6. The van der Waals surface area contributed by atoms with Gasteiger partial charge in [0.1, 0.15) is 23.4 Å². The van der Waals surface area contributed by atoms with Gasteiger partial charge in [-0.1, -0.05) is 29.5 Å². The lowest BCUT2D eigenvalue weighted by Gasteiger charge is -2.03. The van der Waals surface area contributed by atoms with Crippen LogP contribution >= 0.6 is 0 Å². The van der Waals surface area contributed by atoms with Crippen LogP contribution in [-0.4, -0.2) is 15.0 Å². The second-order valence-corrected chi connectivity index (χ2v) is 4.71. The molecular formula is C17H10F2N4. The average molecular weight is 308 g/mol. The molecule has 0 amide bonds. The highest BCUT2D eigenvalue weighted by atomic mass is 19.1. The number of nitriles is 1. The van der Waals surface area contributed by atoms with E-state index in [0.717, 1.165) is 5.56 Å². The first-order valence-electron chi connectivity index (χ1n) is 6.73. The van der Waals surface area contributed by atoms with E-state index in [-0.39, 0.29) is 11.5 Å². The van der Waals surface area contributed by atoms with Gasteiger partial charge in [0.25, 0.3) is 0 Å². The second-order valence-electron chi connectivity index (χ2n) is 4.71. The van der Waals surface area contributed by atoms with Crippen LogP contribution < -0.4 is 0 Å². The lowest BCUT2D eigenvalue weighted by Crippen LogP contribution is -2.00. The van der Waals surface area contributed by atoms with Gasteiger partial charge in [-0.2, -0.15) is 5.26 Å². The lowest BCUT2D eigenvalue weighted by molar-refractivity contribution is 0.624. The molecule has 0 fully saturated rings. The van der Waals surface area contributed by atoms with E-state index in [1.165, 1.54) is 28.9 Å². The van der Waals surface area contributed by atoms with Crippen LogP contribution in [0.2, 0.25) is 0 Å². The van der Waals surface area contributed by atoms with E-state index in [2.05, 4.69) is 10.3 Å². The SMILES string of the molecule is N#Cc1nnn(-c2cccc(F)c2)c1/C=C/c1ccc(F)cc1. The molecule has 0 saturated carbocycles. The highest BCUT2D eigenvalue weighted by Crippen LogP contribution is 2.17. The van der Waals surface area contributed by atoms with E-state index in [0.29, 0.717) is 11.4 Å². The van der Waals surface area contributed by atoms with Crippen LogP contribution in [-0.2, 0) is 0 Å². The molecule has 0 aliphatic carbocycles. The molecule has 0 bridgehead atoms. The maximum atomic E-state index is 13.4. The topological polar surface area (TPSA) is 54.5 Å². The van der Waals surface area contributed by atoms with Gasteiger partial charge in [-0.3, -0.25) is 0 Å². The van der Waals surface area contributed by atoms with Crippen molar-refractivity contribution in [3.8, 4) is 11.8 Å². The number of hydrogen-bond donors (Lipinski definition) is 0. The first-order chi connectivity index (χ1) is 11.2. The Morgan fingerprint density at radius 1 is 1.00 bits per heavy atom. The molecule has 6 heteroatoms. The van der Waals surface area contributed by atoms with Crippen molar-refractivity contribution in [3.05, 3.63) is 77.1 Å². The van der Waals surface area contributed by atoms with Crippen LogP contribution in [0.25, 0.3) is 17.8 Å². The largest absolute Gasteiger partial charge is 0.212 e. The molecule has 1 heterocycles. The molecule has 2 aromatic carbocycles. The van der Waals surface area contributed by atoms with Gasteiger partial charge >= 0.3 is 0 Å². The Hall–Kier alpha value is -3.33. The predicted molar refractivity (Wildman–Crippen MR) is 81.4 cm³/mol. The Balaban J connectivity index is 2.03. The van der Waals surface area contributed by atoms with Crippen molar-refractivity contribution in [1.29, 1.82) is 5.26 Å². The summed E-state index contributed by atoms with van der Waals surface area (Å²) >= 11 is 0. The summed E-state index contributed by atoms with van der Waals surface area (Å²) in [6.45, 7) is 0. The van der Waals surface area contributed by atoms with Gasteiger partial charge < -0.3 is 0 Å². The third-order valence-electron chi connectivity index (χ3n) is 3.17. The molecule has 3 rings (SSSR count). The zero-order valence-corrected chi connectivity index (χ0v) is 11.8. The van der Waals surface area contributed by atoms with Gasteiger partial charge in [0.15, 0.2) is 5.69 Å². The van der Waals surface area contributed by atoms with E-state index in [4.69, 9.17) is 5.26 Å². The maximum Gasteiger partial charge on any atom is 0.190 e. The minimum Gasteiger partial charge on any atom is -0.212 e. The normalized spacial score (nSPS) is 10.8. The molecule has 0 aliphatic heterocycles. The summed E-state index contributed by atoms with van der Waals surface area (Å²) in [6.07, 6.45) is 3.34. The lowest BCUT2D eigenvalue weighted by atomic mass is 10.2. The van der Waals surface area contributed by atoms with Gasteiger partial charge in [-0.25, -0.2) is 13.5 Å². The predicted octanol–water partition coefficient (Wildman–Crippen LogP) is 3.59. The quantitative estimate of drug-likeness (QED) is 0.743. The summed E-state index contributed by atoms with van der Waals surface area (Å²) in [5.41, 5.74) is 1.75. The first-order valence-corrected chi connectivity index (χ1v) is 6.73. The fourth-order valence-corrected chi connectivity index (χ4v) is 2.07. The van der Waals surface area contributed by atoms with Gasteiger partial charge in [0, 0.05) is 0 Å². The summed E-state index contributed by atoms with van der Waals surface area (Å²) in [5, 5.41) is 16.8. The van der Waals surface area contributed by atoms with Gasteiger partial charge in [-0.05, 0) is 42.0 Å². The van der Waals surface area contributed by atoms with Gasteiger partial charge in [-0.15, -0.1) is 5.10 Å². The van der Waals surface area contributed by atoms with Crippen LogP contribution in [0.15, 0.2) is 48.5 Å². The van der Waals surface area contributed by atoms with E-state index in [1.54, 1.807) is 36.4 Å². The Morgan fingerprint density at radius 2 is 1.78 bits per heavy atom. The second kappa shape index (κ2) is 6.20. The molecule has 0 radical (unpaired) electrons. The van der Waals surface area contributed by atoms with Crippen molar-refractivity contribution in [3.63, 3.8) is 0 Å². The van der Waals surface area contributed by atoms with Crippen LogP contribution in [0, 0.1) is 23.0 Å². The van der Waals surface area contributed by atoms with Gasteiger partial charge in [0.05, 0.1) is 5.69 Å². The number of aromatic nitrogens is 3. The number of rotatable bonds is 3. The third kappa shape index (κ3) is 3.14. The smallest absolute Gasteiger partial charge is 0.190 e. The van der Waals surface area contributed by atoms with Crippen LogP contribution in [0.3, 0.4) is 0 Å². The highest BCUT2D eigenvalue weighted by Gasteiger charge is 2.11. The Labute approximate surface area is 130 Å². The molecule has 112 valence electrons. The monoisotopic (exact) mass is 308 g/mol. The van der Waals surface area contributed by atoms with Crippen molar-refractivity contribution < 1.29 is 8.78 Å². The van der Waals surface area contributed by atoms with Crippen molar-refractivity contribution in [2.45, 2.75) is 0 Å². The van der Waals surface area contributed by atoms with Crippen molar-refractivity contribution in [1.82, 2.24) is 15.0 Å². The van der Waals surface area contributed by atoms with Crippen molar-refractivity contribution in [2.24, 2.45) is 0 Å². The molecular weight excluding hydrogens is 298 g/mol. The molecule has 0 atom stereocenters. The van der Waals surface area contributed by atoms with Crippen LogP contribution in [0.5, 0.6) is 0 Å². The summed E-state index contributed by atoms with van der Waals surface area (Å²) < 4.78 is 27.7. The fourth-order valence-electron chi connectivity index (χ4n) is 2.07. The summed E-state index contributed by atoms with van der Waals surface area (Å²) in [6, 6.07) is 13.7. The Kier molecular flexibility index (Phi) is 3.93. The van der Waals surface area contributed by atoms with Gasteiger partial charge in [0.2, 0.25) is 0 Å². The van der Waals surface area contributed by atoms with E-state index >= 15 is 0 Å². The molecule has 0 aliphatic rings. The van der Waals surface area contributed by atoms with Crippen molar-refractivity contribution >= 4 is 12.2 Å². The van der Waals surface area contributed by atoms with Crippen LogP contribution in [0.1, 0.15) is 17.0 Å². The van der Waals surface area contributed by atoms with Crippen LogP contribution in [0.4, 0.5) is 8.78 Å². The molecule has 3 aromatic rings. The summed E-state index contributed by atoms with van der Waals surface area (Å²) in [4.78, 5) is 0. The molecule has 1 aromatic heterocycles. The Morgan fingerprint density at radius 3 is 2.48 bits per heavy atom. The standard InChI is InChI=1S/C17H10F2N4/c18-13-7-4-12(5-8-13)6-9-17-16(11-20)21-22-23(17)15-3-1-2-14(19)10-15/h1-10H/b9-6+. The Bertz CT molecular complexity index is 905. The zero-order valence-electron chi connectivity index (χ0n) is 11.8. The van der Waals surface area contributed by atoms with Crippen molar-refractivity contribution in [2.75, 3.05) is 0 Å². The molecule has 0 unspecified atom stereocenters. The number of nitrogens with zero attached hydrogens (tertiary/aromatic N) is 4. The molecule has 4 nitrogen and oxygen atoms in total.